The first kappa shape index (κ1) is 39.9. The number of aromatic hydroxyl groups is 1. The molecular weight excluding hydrogens is 870 g/mol. The van der Waals surface area contributed by atoms with Gasteiger partial charge in [0, 0.05) is 27.7 Å². The third-order valence-corrected chi connectivity index (χ3v) is 13.4. The average Bonchev–Trinajstić information content (AvgIpc) is 3.86. The molecule has 2 aliphatic carbocycles. The molecule has 4 aliphatic rings. The molecule has 4 amide bonds. The number of carbonyl (C=O) groups excluding carboxylic acids is 4. The van der Waals surface area contributed by atoms with Crippen molar-refractivity contribution in [2.24, 2.45) is 23.7 Å². The van der Waals surface area contributed by atoms with Crippen LogP contribution in [0.2, 0.25) is 15.1 Å². The zero-order valence-corrected chi connectivity index (χ0v) is 34.0. The SMILES string of the molecule is O=C1[C@@H]2C[C@@H]3C(=CC[C@@H]4C(=O)N(c5ccc(-c6nc7ccccc7o6)cc5)C(=O)[C@@H]43)[C@H](c3ccc(O)cc3Cl)[C@]2(c2ccc(Cl)cc2)C(=O)N1Nc1ncc(C(F)(F)F)cc1Cl. The number of phenolic OH excluding ortho intramolecular Hbond substituents is 1. The Morgan fingerprint density at radius 2 is 1.58 bits per heavy atom. The molecule has 6 aromatic rings. The molecule has 11 nitrogen and oxygen atoms in total. The summed E-state index contributed by atoms with van der Waals surface area (Å²) < 4.78 is 46.6. The van der Waals surface area contributed by atoms with Crippen LogP contribution in [-0.2, 0) is 30.8 Å². The Balaban J connectivity index is 1.08. The zero-order chi connectivity index (χ0) is 43.4. The number of alkyl halides is 3. The van der Waals surface area contributed by atoms with Crippen LogP contribution in [0, 0.1) is 23.7 Å². The summed E-state index contributed by atoms with van der Waals surface area (Å²) in [5.74, 6) is -7.60. The fourth-order valence-electron chi connectivity index (χ4n) is 9.88. The van der Waals surface area contributed by atoms with Crippen molar-refractivity contribution in [3.05, 3.63) is 147 Å². The highest BCUT2D eigenvalue weighted by molar-refractivity contribution is 6.33. The largest absolute Gasteiger partial charge is 0.508 e. The summed E-state index contributed by atoms with van der Waals surface area (Å²) in [5, 5.41) is 11.0. The molecule has 0 bridgehead atoms. The van der Waals surface area contributed by atoms with E-state index in [4.69, 9.17) is 39.2 Å². The summed E-state index contributed by atoms with van der Waals surface area (Å²) in [7, 11) is 0. The molecule has 0 radical (unpaired) electrons. The number of para-hydroxylation sites is 2. The number of anilines is 2. The Labute approximate surface area is 364 Å². The molecule has 1 saturated carbocycles. The minimum Gasteiger partial charge on any atom is -0.508 e. The number of rotatable bonds is 6. The van der Waals surface area contributed by atoms with E-state index in [-0.39, 0.29) is 23.6 Å². The molecule has 17 heteroatoms. The maximum atomic E-state index is 15.4. The number of aromatic nitrogens is 2. The monoisotopic (exact) mass is 897 g/mol. The molecule has 2 saturated heterocycles. The number of nitrogens with one attached hydrogen (secondary N) is 1. The van der Waals surface area contributed by atoms with E-state index < -0.39 is 81.2 Å². The van der Waals surface area contributed by atoms with Gasteiger partial charge >= 0.3 is 6.18 Å². The van der Waals surface area contributed by atoms with Crippen molar-refractivity contribution in [3.63, 3.8) is 0 Å². The Morgan fingerprint density at radius 1 is 0.839 bits per heavy atom. The van der Waals surface area contributed by atoms with Crippen LogP contribution in [0.5, 0.6) is 5.75 Å². The van der Waals surface area contributed by atoms with Crippen LogP contribution in [0.15, 0.2) is 119 Å². The van der Waals surface area contributed by atoms with Crippen LogP contribution in [0.25, 0.3) is 22.6 Å². The number of nitrogens with zero attached hydrogens (tertiary/aromatic N) is 4. The minimum absolute atomic E-state index is 0.0550. The Kier molecular flexibility index (Phi) is 9.28. The number of halogens is 6. The van der Waals surface area contributed by atoms with Crippen molar-refractivity contribution in [2.45, 2.75) is 30.4 Å². The first-order valence-electron chi connectivity index (χ1n) is 19.3. The topological polar surface area (TPSA) is 146 Å². The number of phenols is 1. The third kappa shape index (κ3) is 6.02. The summed E-state index contributed by atoms with van der Waals surface area (Å²) >= 11 is 19.6. The van der Waals surface area contributed by atoms with Gasteiger partial charge in [-0.3, -0.25) is 29.5 Å². The number of allylic oxidation sites excluding steroid dienone is 2. The molecule has 0 unspecified atom stereocenters. The summed E-state index contributed by atoms with van der Waals surface area (Å²) in [6.07, 6.45) is -2.40. The Hall–Kier alpha value is -6.22. The number of fused-ring (bicyclic) bond motifs is 5. The van der Waals surface area contributed by atoms with Gasteiger partial charge in [-0.1, -0.05) is 76.8 Å². The quantitative estimate of drug-likeness (QED) is 0.123. The number of pyridine rings is 1. The molecular formula is C45H29Cl3F3N5O6. The molecule has 2 aliphatic heterocycles. The normalized spacial score (nSPS) is 24.6. The van der Waals surface area contributed by atoms with E-state index in [1.807, 2.05) is 24.3 Å². The first-order valence-corrected chi connectivity index (χ1v) is 20.5. The maximum Gasteiger partial charge on any atom is 0.417 e. The molecule has 6 atom stereocenters. The molecule has 0 spiro atoms. The fourth-order valence-corrected chi connectivity index (χ4v) is 10.5. The number of hydrogen-bond acceptors (Lipinski definition) is 9. The third-order valence-electron chi connectivity index (χ3n) is 12.5. The second-order valence-electron chi connectivity index (χ2n) is 15.7. The lowest BCUT2D eigenvalue weighted by Crippen LogP contribution is -2.53. The zero-order valence-electron chi connectivity index (χ0n) is 31.7. The molecule has 2 N–H and O–H groups in total. The number of hydrogen-bond donors (Lipinski definition) is 2. The first-order chi connectivity index (χ1) is 29.7. The van der Waals surface area contributed by atoms with Crippen LogP contribution in [0.3, 0.4) is 0 Å². The van der Waals surface area contributed by atoms with Crippen molar-refractivity contribution in [3.8, 4) is 17.2 Å². The van der Waals surface area contributed by atoms with Gasteiger partial charge in [-0.05, 0) is 96.6 Å². The van der Waals surface area contributed by atoms with Crippen molar-refractivity contribution in [1.29, 1.82) is 0 Å². The van der Waals surface area contributed by atoms with Crippen molar-refractivity contribution >= 4 is 81.0 Å². The summed E-state index contributed by atoms with van der Waals surface area (Å²) in [4.78, 5) is 69.0. The number of benzene rings is 4. The van der Waals surface area contributed by atoms with Gasteiger partial charge in [0.25, 0.3) is 11.8 Å². The highest BCUT2D eigenvalue weighted by Crippen LogP contribution is 2.65. The summed E-state index contributed by atoms with van der Waals surface area (Å²) in [6.45, 7) is 0. The van der Waals surface area contributed by atoms with Crippen LogP contribution < -0.4 is 10.3 Å². The van der Waals surface area contributed by atoms with Gasteiger partial charge in [-0.2, -0.15) is 18.2 Å². The van der Waals surface area contributed by atoms with Gasteiger partial charge in [0.1, 0.15) is 11.3 Å². The Bertz CT molecular complexity index is 2890. The number of imide groups is 2. The van der Waals surface area contributed by atoms with Gasteiger partial charge in [-0.25, -0.2) is 9.97 Å². The predicted octanol–water partition coefficient (Wildman–Crippen LogP) is 9.76. The number of hydrazine groups is 1. The van der Waals surface area contributed by atoms with E-state index in [2.05, 4.69) is 15.4 Å². The van der Waals surface area contributed by atoms with Gasteiger partial charge < -0.3 is 9.52 Å². The molecule has 4 heterocycles. The van der Waals surface area contributed by atoms with E-state index >= 15 is 4.79 Å². The van der Waals surface area contributed by atoms with Gasteiger partial charge in [0.15, 0.2) is 11.4 Å². The number of oxazole rings is 1. The van der Waals surface area contributed by atoms with Crippen molar-refractivity contribution < 1.29 is 41.9 Å². The van der Waals surface area contributed by atoms with Crippen LogP contribution in [0.4, 0.5) is 24.7 Å². The molecule has 2 aromatic heterocycles. The lowest BCUT2D eigenvalue weighted by atomic mass is 9.49. The van der Waals surface area contributed by atoms with Crippen molar-refractivity contribution in [2.75, 3.05) is 10.3 Å². The van der Waals surface area contributed by atoms with Crippen molar-refractivity contribution in [1.82, 2.24) is 15.0 Å². The van der Waals surface area contributed by atoms with Crippen LogP contribution in [0.1, 0.15) is 35.4 Å². The molecule has 312 valence electrons. The summed E-state index contributed by atoms with van der Waals surface area (Å²) in [6, 6.07) is 25.2. The van der Waals surface area contributed by atoms with Gasteiger partial charge in [0.2, 0.25) is 17.7 Å². The van der Waals surface area contributed by atoms with E-state index in [0.29, 0.717) is 67.2 Å². The highest BCUT2D eigenvalue weighted by Gasteiger charge is 2.70. The van der Waals surface area contributed by atoms with Crippen LogP contribution >= 0.6 is 34.8 Å². The second kappa shape index (κ2) is 14.4. The fraction of sp³-hybridized carbons (Fsp3) is 0.200. The molecule has 4 aromatic carbocycles. The maximum absolute atomic E-state index is 15.4. The molecule has 3 fully saturated rings. The standard InChI is InChI=1S/C45H29Cl3F3N5O6/c46-24-9-7-22(8-10-24)44-31(41(59)56(43(44)61)54-38-33(48)17-23(20-52-38)45(49,50)51)19-30-27(37(44)28-14-13-26(57)18-32(28)47)15-16-29-36(30)42(60)55(40(29)58)25-11-5-21(6-12-25)39-53-34-3-1-2-4-35(34)62-39/h1-15,17-18,20,29-31,36-37,57H,16,19H2,(H,52,54)/t29-,30+,31-,36-,37+,44+/m0/s1. The second-order valence-corrected chi connectivity index (χ2v) is 16.9. The van der Waals surface area contributed by atoms with Gasteiger partial charge in [0.05, 0.1) is 39.4 Å². The van der Waals surface area contributed by atoms with Gasteiger partial charge in [-0.15, -0.1) is 0 Å². The summed E-state index contributed by atoms with van der Waals surface area (Å²) in [5.41, 5.74) is 3.15. The van der Waals surface area contributed by atoms with E-state index in [1.165, 1.54) is 12.1 Å². The van der Waals surface area contributed by atoms with E-state index in [0.717, 1.165) is 4.90 Å². The van der Waals surface area contributed by atoms with E-state index in [1.54, 1.807) is 60.7 Å². The average molecular weight is 899 g/mol. The highest BCUT2D eigenvalue weighted by atomic mass is 35.5. The number of amides is 4. The number of carbonyl (C=O) groups is 4. The lowest BCUT2D eigenvalue weighted by Gasteiger charge is -2.50. The molecule has 62 heavy (non-hydrogen) atoms. The van der Waals surface area contributed by atoms with E-state index in [9.17, 15) is 32.7 Å². The minimum atomic E-state index is -4.77. The molecule has 10 rings (SSSR count). The Morgan fingerprint density at radius 3 is 2.27 bits per heavy atom. The smallest absolute Gasteiger partial charge is 0.417 e. The predicted molar refractivity (Wildman–Crippen MR) is 222 cm³/mol. The lowest BCUT2D eigenvalue weighted by molar-refractivity contribution is -0.139. The van der Waals surface area contributed by atoms with Crippen LogP contribution in [-0.4, -0.2) is 43.7 Å².